The van der Waals surface area contributed by atoms with Crippen LogP contribution >= 0.6 is 0 Å². The van der Waals surface area contributed by atoms with Gasteiger partial charge in [-0.3, -0.25) is 0 Å². The van der Waals surface area contributed by atoms with Crippen LogP contribution in [0.4, 0.5) is 0 Å². The van der Waals surface area contributed by atoms with E-state index in [0.29, 0.717) is 0 Å². The Morgan fingerprint density at radius 3 is 2.82 bits per heavy atom. The number of methoxy groups -OCH3 is 1. The number of hydrogen-bond acceptors (Lipinski definition) is 3. The van der Waals surface area contributed by atoms with Crippen LogP contribution in [0.2, 0.25) is 0 Å². The molecule has 0 aliphatic carbocycles. The van der Waals surface area contributed by atoms with Crippen molar-refractivity contribution < 1.29 is 14.6 Å². The second-order valence-corrected chi connectivity index (χ2v) is 3.08. The van der Waals surface area contributed by atoms with Crippen molar-refractivity contribution in [3.05, 3.63) is 0 Å². The molecule has 3 atom stereocenters. The van der Waals surface area contributed by atoms with Gasteiger partial charge in [0.1, 0.15) is 0 Å². The molecule has 1 heterocycles. The standard InChI is InChI=1S/C8H16O3/c1-6-3-7(10-2)4-8(5-9)11-6/h6-9H,3-5H2,1-2H3. The molecule has 1 saturated heterocycles. The summed E-state index contributed by atoms with van der Waals surface area (Å²) in [7, 11) is 1.71. The van der Waals surface area contributed by atoms with E-state index in [1.54, 1.807) is 7.11 Å². The van der Waals surface area contributed by atoms with Crippen molar-refractivity contribution in [3.8, 4) is 0 Å². The lowest BCUT2D eigenvalue weighted by molar-refractivity contribution is -0.113. The Balaban J connectivity index is 2.37. The van der Waals surface area contributed by atoms with Crippen molar-refractivity contribution >= 4 is 0 Å². The second-order valence-electron chi connectivity index (χ2n) is 3.08. The Kier molecular flexibility index (Phi) is 3.30. The fourth-order valence-corrected chi connectivity index (χ4v) is 1.51. The summed E-state index contributed by atoms with van der Waals surface area (Å²) in [6.45, 7) is 2.11. The van der Waals surface area contributed by atoms with E-state index in [1.165, 1.54) is 0 Å². The van der Waals surface area contributed by atoms with Gasteiger partial charge in [0, 0.05) is 13.5 Å². The van der Waals surface area contributed by atoms with E-state index in [1.807, 2.05) is 6.92 Å². The van der Waals surface area contributed by atoms with Gasteiger partial charge in [0.25, 0.3) is 0 Å². The topological polar surface area (TPSA) is 38.7 Å². The number of aliphatic hydroxyl groups excluding tert-OH is 1. The number of hydrogen-bond donors (Lipinski definition) is 1. The largest absolute Gasteiger partial charge is 0.394 e. The molecule has 3 heteroatoms. The molecule has 3 nitrogen and oxygen atoms in total. The molecule has 66 valence electrons. The highest BCUT2D eigenvalue weighted by Gasteiger charge is 2.26. The highest BCUT2D eigenvalue weighted by molar-refractivity contribution is 4.75. The predicted molar refractivity (Wildman–Crippen MR) is 41.5 cm³/mol. The molecule has 1 N–H and O–H groups in total. The maximum absolute atomic E-state index is 8.84. The first-order chi connectivity index (χ1) is 5.26. The summed E-state index contributed by atoms with van der Waals surface area (Å²) in [6.07, 6.45) is 2.20. The third kappa shape index (κ3) is 2.43. The van der Waals surface area contributed by atoms with Gasteiger partial charge in [-0.25, -0.2) is 0 Å². The maximum Gasteiger partial charge on any atom is 0.0834 e. The molecule has 11 heavy (non-hydrogen) atoms. The van der Waals surface area contributed by atoms with Crippen molar-refractivity contribution in [2.24, 2.45) is 0 Å². The molecule has 1 aliphatic rings. The molecule has 0 spiro atoms. The zero-order chi connectivity index (χ0) is 8.27. The molecule has 0 bridgehead atoms. The van der Waals surface area contributed by atoms with Crippen LogP contribution in [0.1, 0.15) is 19.8 Å². The highest BCUT2D eigenvalue weighted by atomic mass is 16.5. The Hall–Kier alpha value is -0.120. The van der Waals surface area contributed by atoms with Crippen molar-refractivity contribution in [1.29, 1.82) is 0 Å². The molecule has 0 aromatic rings. The first-order valence-electron chi connectivity index (χ1n) is 4.05. The van der Waals surface area contributed by atoms with Gasteiger partial charge in [0.2, 0.25) is 0 Å². The zero-order valence-electron chi connectivity index (χ0n) is 7.12. The molecule has 0 saturated carbocycles. The van der Waals surface area contributed by atoms with E-state index in [0.717, 1.165) is 12.8 Å². The van der Waals surface area contributed by atoms with E-state index in [2.05, 4.69) is 0 Å². The zero-order valence-corrected chi connectivity index (χ0v) is 7.12. The smallest absolute Gasteiger partial charge is 0.0834 e. The van der Waals surface area contributed by atoms with E-state index < -0.39 is 0 Å². The molecule has 0 aromatic heterocycles. The lowest BCUT2D eigenvalue weighted by Gasteiger charge is -2.31. The van der Waals surface area contributed by atoms with Gasteiger partial charge in [-0.2, -0.15) is 0 Å². The van der Waals surface area contributed by atoms with Gasteiger partial charge >= 0.3 is 0 Å². The molecular formula is C8H16O3. The van der Waals surface area contributed by atoms with Gasteiger partial charge in [0.05, 0.1) is 24.9 Å². The third-order valence-corrected chi connectivity index (χ3v) is 2.08. The highest BCUT2D eigenvalue weighted by Crippen LogP contribution is 2.20. The minimum Gasteiger partial charge on any atom is -0.394 e. The molecular weight excluding hydrogens is 144 g/mol. The fourth-order valence-electron chi connectivity index (χ4n) is 1.51. The van der Waals surface area contributed by atoms with Crippen LogP contribution in [0.15, 0.2) is 0 Å². The van der Waals surface area contributed by atoms with Crippen molar-refractivity contribution in [3.63, 3.8) is 0 Å². The molecule has 0 aromatic carbocycles. The Morgan fingerprint density at radius 1 is 1.55 bits per heavy atom. The van der Waals surface area contributed by atoms with Crippen LogP contribution in [0, 0.1) is 0 Å². The fraction of sp³-hybridized carbons (Fsp3) is 1.00. The number of aliphatic hydroxyl groups is 1. The average molecular weight is 160 g/mol. The second kappa shape index (κ2) is 4.04. The Labute approximate surface area is 67.3 Å². The van der Waals surface area contributed by atoms with Gasteiger partial charge < -0.3 is 14.6 Å². The summed E-state index contributed by atoms with van der Waals surface area (Å²) < 4.78 is 10.6. The summed E-state index contributed by atoms with van der Waals surface area (Å²) in [5.41, 5.74) is 0. The Morgan fingerprint density at radius 2 is 2.27 bits per heavy atom. The maximum atomic E-state index is 8.84. The van der Waals surface area contributed by atoms with Crippen LogP contribution in [0.25, 0.3) is 0 Å². The average Bonchev–Trinajstić information content (AvgIpc) is 2.03. The summed E-state index contributed by atoms with van der Waals surface area (Å²) in [5, 5.41) is 8.84. The number of rotatable bonds is 2. The summed E-state index contributed by atoms with van der Waals surface area (Å²) in [4.78, 5) is 0. The lowest BCUT2D eigenvalue weighted by atomic mass is 10.0. The first kappa shape index (κ1) is 8.97. The van der Waals surface area contributed by atoms with Crippen molar-refractivity contribution in [1.82, 2.24) is 0 Å². The van der Waals surface area contributed by atoms with E-state index in [-0.39, 0.29) is 24.9 Å². The SMILES string of the molecule is COC1CC(C)OC(CO)C1. The first-order valence-corrected chi connectivity index (χ1v) is 4.05. The van der Waals surface area contributed by atoms with Crippen molar-refractivity contribution in [2.45, 2.75) is 38.1 Å². The molecule has 1 aliphatic heterocycles. The minimum atomic E-state index is -0.0244. The van der Waals surface area contributed by atoms with E-state index in [9.17, 15) is 0 Å². The van der Waals surface area contributed by atoms with Crippen LogP contribution in [-0.4, -0.2) is 37.1 Å². The minimum absolute atomic E-state index is 0.0244. The van der Waals surface area contributed by atoms with Crippen LogP contribution in [0.3, 0.4) is 0 Å². The van der Waals surface area contributed by atoms with Crippen LogP contribution < -0.4 is 0 Å². The molecule has 3 unspecified atom stereocenters. The van der Waals surface area contributed by atoms with Crippen molar-refractivity contribution in [2.75, 3.05) is 13.7 Å². The van der Waals surface area contributed by atoms with Gasteiger partial charge in [-0.1, -0.05) is 0 Å². The molecule has 0 radical (unpaired) electrons. The molecule has 1 fully saturated rings. The van der Waals surface area contributed by atoms with Crippen LogP contribution in [-0.2, 0) is 9.47 Å². The van der Waals surface area contributed by atoms with E-state index >= 15 is 0 Å². The van der Waals surface area contributed by atoms with Crippen LogP contribution in [0.5, 0.6) is 0 Å². The monoisotopic (exact) mass is 160 g/mol. The number of ether oxygens (including phenoxy) is 2. The summed E-state index contributed by atoms with van der Waals surface area (Å²) in [6, 6.07) is 0. The summed E-state index contributed by atoms with van der Waals surface area (Å²) in [5.74, 6) is 0. The lowest BCUT2D eigenvalue weighted by Crippen LogP contribution is -2.36. The Bertz CT molecular complexity index is 104. The third-order valence-electron chi connectivity index (χ3n) is 2.08. The molecule has 0 amide bonds. The summed E-state index contributed by atoms with van der Waals surface area (Å²) >= 11 is 0. The van der Waals surface area contributed by atoms with Gasteiger partial charge in [0.15, 0.2) is 0 Å². The van der Waals surface area contributed by atoms with E-state index in [4.69, 9.17) is 14.6 Å². The molecule has 1 rings (SSSR count). The quantitative estimate of drug-likeness (QED) is 0.641. The normalized spacial score (nSPS) is 39.0. The van der Waals surface area contributed by atoms with Gasteiger partial charge in [-0.15, -0.1) is 0 Å². The predicted octanol–water partition coefficient (Wildman–Crippen LogP) is 0.561. The van der Waals surface area contributed by atoms with Gasteiger partial charge in [-0.05, 0) is 13.3 Å².